The van der Waals surface area contributed by atoms with Gasteiger partial charge in [-0.3, -0.25) is 4.79 Å². The van der Waals surface area contributed by atoms with Crippen LogP contribution in [0.15, 0.2) is 72.8 Å². The molecule has 34 heavy (non-hydrogen) atoms. The van der Waals surface area contributed by atoms with E-state index in [0.717, 1.165) is 22.3 Å². The SMILES string of the molecule is Cc1cc(C)cc(Oc2ccc(C(=O)c3ccc(Oc4cc(C)cc(C)c4)c(N)c3)cc2N)c1. The van der Waals surface area contributed by atoms with Crippen LogP contribution in [-0.4, -0.2) is 5.78 Å². The highest BCUT2D eigenvalue weighted by Gasteiger charge is 2.14. The molecule has 4 N–H and O–H groups in total. The van der Waals surface area contributed by atoms with E-state index in [2.05, 4.69) is 12.1 Å². The minimum Gasteiger partial charge on any atom is -0.455 e. The average Bonchev–Trinajstić information content (AvgIpc) is 2.74. The molecule has 0 fully saturated rings. The van der Waals surface area contributed by atoms with E-state index < -0.39 is 0 Å². The van der Waals surface area contributed by atoms with Crippen molar-refractivity contribution in [2.45, 2.75) is 27.7 Å². The number of ketones is 1. The van der Waals surface area contributed by atoms with Gasteiger partial charge in [0.15, 0.2) is 5.78 Å². The number of hydrogen-bond donors (Lipinski definition) is 2. The number of anilines is 2. The summed E-state index contributed by atoms with van der Waals surface area (Å²) in [5.41, 5.74) is 18.5. The number of nitrogens with two attached hydrogens (primary N) is 2. The van der Waals surface area contributed by atoms with Crippen molar-refractivity contribution in [3.05, 3.63) is 106 Å². The van der Waals surface area contributed by atoms with E-state index >= 15 is 0 Å². The zero-order valence-electron chi connectivity index (χ0n) is 19.8. The molecule has 0 aliphatic heterocycles. The summed E-state index contributed by atoms with van der Waals surface area (Å²) in [5.74, 6) is 2.22. The predicted molar refractivity (Wildman–Crippen MR) is 137 cm³/mol. The van der Waals surface area contributed by atoms with Crippen molar-refractivity contribution in [3.63, 3.8) is 0 Å². The molecule has 4 aromatic rings. The van der Waals surface area contributed by atoms with Crippen molar-refractivity contribution < 1.29 is 14.3 Å². The van der Waals surface area contributed by atoms with Crippen LogP contribution in [0.4, 0.5) is 11.4 Å². The van der Waals surface area contributed by atoms with Crippen LogP contribution in [0.25, 0.3) is 0 Å². The molecule has 0 saturated carbocycles. The Kier molecular flexibility index (Phi) is 6.28. The highest BCUT2D eigenvalue weighted by Crippen LogP contribution is 2.32. The van der Waals surface area contributed by atoms with Crippen molar-refractivity contribution in [2.24, 2.45) is 0 Å². The number of ether oxygens (including phenoxy) is 2. The summed E-state index contributed by atoms with van der Waals surface area (Å²) in [4.78, 5) is 13.1. The van der Waals surface area contributed by atoms with Gasteiger partial charge in [0, 0.05) is 11.1 Å². The van der Waals surface area contributed by atoms with Crippen molar-refractivity contribution in [3.8, 4) is 23.0 Å². The van der Waals surface area contributed by atoms with Gasteiger partial charge in [0.2, 0.25) is 0 Å². The average molecular weight is 453 g/mol. The molecule has 0 amide bonds. The Morgan fingerprint density at radius 1 is 0.559 bits per heavy atom. The second kappa shape index (κ2) is 9.32. The smallest absolute Gasteiger partial charge is 0.193 e. The molecule has 4 aromatic carbocycles. The van der Waals surface area contributed by atoms with Gasteiger partial charge in [0.25, 0.3) is 0 Å². The van der Waals surface area contributed by atoms with Crippen molar-refractivity contribution in [1.82, 2.24) is 0 Å². The van der Waals surface area contributed by atoms with Crippen LogP contribution in [0.1, 0.15) is 38.2 Å². The number of benzene rings is 4. The highest BCUT2D eigenvalue weighted by molar-refractivity contribution is 6.10. The molecule has 0 heterocycles. The van der Waals surface area contributed by atoms with Crippen LogP contribution in [0.2, 0.25) is 0 Å². The van der Waals surface area contributed by atoms with Crippen LogP contribution >= 0.6 is 0 Å². The lowest BCUT2D eigenvalue weighted by Gasteiger charge is -2.13. The molecule has 0 aliphatic carbocycles. The molecule has 0 spiro atoms. The minimum atomic E-state index is -0.186. The molecule has 172 valence electrons. The lowest BCUT2D eigenvalue weighted by atomic mass is 10.0. The molecular formula is C29H28N2O3. The number of rotatable bonds is 6. The number of carbonyl (C=O) groups excluding carboxylic acids is 1. The van der Waals surface area contributed by atoms with Gasteiger partial charge in [0.1, 0.15) is 23.0 Å². The first-order valence-electron chi connectivity index (χ1n) is 11.0. The number of aryl methyl sites for hydroxylation is 4. The first kappa shape index (κ1) is 22.9. The van der Waals surface area contributed by atoms with Crippen molar-refractivity contribution in [2.75, 3.05) is 11.5 Å². The van der Waals surface area contributed by atoms with Crippen LogP contribution in [-0.2, 0) is 0 Å². The summed E-state index contributed by atoms with van der Waals surface area (Å²) in [6.07, 6.45) is 0. The first-order chi connectivity index (χ1) is 16.2. The first-order valence-corrected chi connectivity index (χ1v) is 11.0. The van der Waals surface area contributed by atoms with Gasteiger partial charge >= 0.3 is 0 Å². The van der Waals surface area contributed by atoms with Gasteiger partial charge < -0.3 is 20.9 Å². The standard InChI is InChI=1S/C29H28N2O3/c1-17-9-18(2)12-23(11-17)33-27-7-5-21(15-25(27)30)29(32)22-6-8-28(26(31)16-22)34-24-13-19(3)10-20(4)14-24/h5-16H,30-31H2,1-4H3. The van der Waals surface area contributed by atoms with Crippen LogP contribution in [0.5, 0.6) is 23.0 Å². The number of carbonyl (C=O) groups is 1. The third-order valence-electron chi connectivity index (χ3n) is 5.39. The van der Waals surface area contributed by atoms with Gasteiger partial charge in [-0.05, 0) is 111 Å². The van der Waals surface area contributed by atoms with Gasteiger partial charge in [0.05, 0.1) is 11.4 Å². The van der Waals surface area contributed by atoms with Crippen molar-refractivity contribution >= 4 is 17.2 Å². The van der Waals surface area contributed by atoms with E-state index in [1.54, 1.807) is 36.4 Å². The van der Waals surface area contributed by atoms with Gasteiger partial charge in [-0.2, -0.15) is 0 Å². The third kappa shape index (κ3) is 5.21. The summed E-state index contributed by atoms with van der Waals surface area (Å²) in [6.45, 7) is 8.04. The molecule has 5 heteroatoms. The zero-order chi connectivity index (χ0) is 24.4. The van der Waals surface area contributed by atoms with Gasteiger partial charge in [-0.25, -0.2) is 0 Å². The fourth-order valence-electron chi connectivity index (χ4n) is 3.97. The Balaban J connectivity index is 1.53. The van der Waals surface area contributed by atoms with Gasteiger partial charge in [-0.1, -0.05) is 12.1 Å². The van der Waals surface area contributed by atoms with Crippen LogP contribution in [0.3, 0.4) is 0 Å². The third-order valence-corrected chi connectivity index (χ3v) is 5.39. The topological polar surface area (TPSA) is 87.6 Å². The van der Waals surface area contributed by atoms with E-state index in [1.807, 2.05) is 52.0 Å². The summed E-state index contributed by atoms with van der Waals surface area (Å²) in [7, 11) is 0. The Morgan fingerprint density at radius 3 is 1.24 bits per heavy atom. The Morgan fingerprint density at radius 2 is 0.912 bits per heavy atom. The second-order valence-electron chi connectivity index (χ2n) is 8.69. The fraction of sp³-hybridized carbons (Fsp3) is 0.138. The number of hydrogen-bond acceptors (Lipinski definition) is 5. The minimum absolute atomic E-state index is 0.186. The molecule has 4 rings (SSSR count). The molecule has 5 nitrogen and oxygen atoms in total. The molecule has 0 unspecified atom stereocenters. The summed E-state index contributed by atoms with van der Waals surface area (Å²) < 4.78 is 11.9. The van der Waals surface area contributed by atoms with E-state index in [4.69, 9.17) is 20.9 Å². The largest absolute Gasteiger partial charge is 0.455 e. The molecule has 0 radical (unpaired) electrons. The normalized spacial score (nSPS) is 10.7. The van der Waals surface area contributed by atoms with E-state index in [1.165, 1.54) is 0 Å². The molecule has 0 saturated heterocycles. The van der Waals surface area contributed by atoms with Crippen LogP contribution < -0.4 is 20.9 Å². The maximum absolute atomic E-state index is 13.1. The van der Waals surface area contributed by atoms with E-state index in [-0.39, 0.29) is 5.78 Å². The maximum atomic E-state index is 13.1. The maximum Gasteiger partial charge on any atom is 0.193 e. The summed E-state index contributed by atoms with van der Waals surface area (Å²) in [5, 5.41) is 0. The van der Waals surface area contributed by atoms with Crippen LogP contribution in [0, 0.1) is 27.7 Å². The molecule has 0 bridgehead atoms. The number of nitrogen functional groups attached to an aromatic ring is 2. The zero-order valence-corrected chi connectivity index (χ0v) is 19.8. The monoisotopic (exact) mass is 452 g/mol. The predicted octanol–water partition coefficient (Wildman–Crippen LogP) is 6.90. The Labute approximate surface area is 199 Å². The fourth-order valence-corrected chi connectivity index (χ4v) is 3.97. The molecular weight excluding hydrogens is 424 g/mol. The van der Waals surface area contributed by atoms with E-state index in [0.29, 0.717) is 45.5 Å². The highest BCUT2D eigenvalue weighted by atomic mass is 16.5. The second-order valence-corrected chi connectivity index (χ2v) is 8.69. The lowest BCUT2D eigenvalue weighted by molar-refractivity contribution is 0.103. The van der Waals surface area contributed by atoms with Gasteiger partial charge in [-0.15, -0.1) is 0 Å². The Hall–Kier alpha value is -4.25. The van der Waals surface area contributed by atoms with E-state index in [9.17, 15) is 4.79 Å². The quantitative estimate of drug-likeness (QED) is 0.245. The summed E-state index contributed by atoms with van der Waals surface area (Å²) in [6, 6.07) is 22.0. The lowest BCUT2D eigenvalue weighted by Crippen LogP contribution is -2.04. The molecule has 0 aromatic heterocycles. The molecule has 0 aliphatic rings. The molecule has 0 atom stereocenters. The van der Waals surface area contributed by atoms with Crippen molar-refractivity contribution in [1.29, 1.82) is 0 Å². The Bertz CT molecular complexity index is 1250. The summed E-state index contributed by atoms with van der Waals surface area (Å²) >= 11 is 0.